The molecule has 14 heteroatoms. The van der Waals surface area contributed by atoms with Crippen LogP contribution in [0.5, 0.6) is 0 Å². The number of hydrogen-bond acceptors (Lipinski definition) is 11. The fraction of sp³-hybridized carbons (Fsp3) is 0.556. The maximum Gasteiger partial charge on any atom is 0.508 e. The van der Waals surface area contributed by atoms with E-state index < -0.39 is 49.8 Å². The van der Waals surface area contributed by atoms with Crippen molar-refractivity contribution in [2.45, 2.75) is 71.0 Å². The van der Waals surface area contributed by atoms with E-state index >= 15 is 0 Å². The monoisotopic (exact) mass is 626 g/mol. The first-order valence-electron chi connectivity index (χ1n) is 13.1. The van der Waals surface area contributed by atoms with E-state index in [1.165, 1.54) is 4.90 Å². The molecular formula is C27H38N4O7S3. The van der Waals surface area contributed by atoms with Gasteiger partial charge in [-0.15, -0.1) is 11.3 Å². The van der Waals surface area contributed by atoms with Crippen molar-refractivity contribution in [3.63, 3.8) is 0 Å². The van der Waals surface area contributed by atoms with Crippen molar-refractivity contribution >= 4 is 49.0 Å². The van der Waals surface area contributed by atoms with Crippen LogP contribution in [0.4, 0.5) is 4.79 Å². The smallest absolute Gasteiger partial charge is 0.433 e. The first-order chi connectivity index (χ1) is 19.0. The van der Waals surface area contributed by atoms with Gasteiger partial charge < -0.3 is 25.4 Å². The summed E-state index contributed by atoms with van der Waals surface area (Å²) in [5.41, 5.74) is 10.4. The van der Waals surface area contributed by atoms with Gasteiger partial charge in [0.2, 0.25) is 11.8 Å². The first kappa shape index (κ1) is 32.8. The Labute approximate surface area is 248 Å². The van der Waals surface area contributed by atoms with Gasteiger partial charge in [-0.25, -0.2) is 18.2 Å². The number of aryl methyl sites for hydroxylation is 1. The number of rotatable bonds is 10. The number of nitrogens with two attached hydrogens (primary N) is 1. The Morgan fingerprint density at radius 2 is 1.90 bits per heavy atom. The van der Waals surface area contributed by atoms with Crippen LogP contribution < -0.4 is 11.1 Å². The molecule has 4 atom stereocenters. The molecule has 2 amide bonds. The minimum atomic E-state index is -3.31. The van der Waals surface area contributed by atoms with Crippen LogP contribution in [0.2, 0.25) is 0 Å². The molecule has 3 N–H and O–H groups in total. The number of ether oxygens (including phenoxy) is 2. The number of nitrogens with zero attached hydrogens (tertiary/aromatic N) is 2. The van der Waals surface area contributed by atoms with Gasteiger partial charge in [-0.2, -0.15) is 0 Å². The van der Waals surface area contributed by atoms with Gasteiger partial charge in [-0.3, -0.25) is 9.59 Å². The third-order valence-electron chi connectivity index (χ3n) is 6.51. The molecule has 41 heavy (non-hydrogen) atoms. The maximum atomic E-state index is 13.3. The number of likely N-dealkylation sites (tertiary alicyclic amines) is 1. The lowest BCUT2D eigenvalue weighted by atomic mass is 9.86. The summed E-state index contributed by atoms with van der Waals surface area (Å²) in [4.78, 5) is 45.7. The molecule has 0 aliphatic carbocycles. The van der Waals surface area contributed by atoms with Crippen molar-refractivity contribution in [2.24, 2.45) is 11.1 Å². The van der Waals surface area contributed by atoms with Gasteiger partial charge in [0, 0.05) is 19.2 Å². The van der Waals surface area contributed by atoms with Crippen LogP contribution in [-0.4, -0.2) is 79.1 Å². The van der Waals surface area contributed by atoms with Gasteiger partial charge >= 0.3 is 6.16 Å². The topological polar surface area (TPSA) is 158 Å². The molecule has 0 saturated carbocycles. The Morgan fingerprint density at radius 1 is 1.24 bits per heavy atom. The molecular weight excluding hydrogens is 589 g/mol. The molecule has 1 unspecified atom stereocenters. The quantitative estimate of drug-likeness (QED) is 0.296. The lowest BCUT2D eigenvalue weighted by molar-refractivity contribution is -0.141. The zero-order valence-corrected chi connectivity index (χ0v) is 26.5. The molecule has 1 aromatic carbocycles. The number of carbonyl (C=O) groups is 3. The fourth-order valence-electron chi connectivity index (χ4n) is 4.27. The molecule has 1 aromatic heterocycles. The highest BCUT2D eigenvalue weighted by Gasteiger charge is 2.44. The second-order valence-corrected chi connectivity index (χ2v) is 16.8. The molecule has 0 radical (unpaired) electrons. The summed E-state index contributed by atoms with van der Waals surface area (Å²) in [5.74, 6) is -0.806. The van der Waals surface area contributed by atoms with E-state index in [9.17, 15) is 22.8 Å². The van der Waals surface area contributed by atoms with Gasteiger partial charge in [0.05, 0.1) is 33.9 Å². The Kier molecular flexibility index (Phi) is 10.8. The fourth-order valence-corrected chi connectivity index (χ4v) is 7.75. The van der Waals surface area contributed by atoms with E-state index in [1.807, 2.05) is 52.0 Å². The number of nitrogens with one attached hydrogen (secondary N) is 1. The zero-order valence-electron chi connectivity index (χ0n) is 24.1. The Morgan fingerprint density at radius 3 is 2.46 bits per heavy atom. The second-order valence-electron chi connectivity index (χ2n) is 11.2. The van der Waals surface area contributed by atoms with Gasteiger partial charge in [0.1, 0.15) is 18.8 Å². The highest BCUT2D eigenvalue weighted by atomic mass is 33.1. The first-order valence-corrected chi connectivity index (χ1v) is 17.3. The third kappa shape index (κ3) is 9.42. The molecule has 1 aliphatic heterocycles. The predicted octanol–water partition coefficient (Wildman–Crippen LogP) is 3.31. The number of benzene rings is 1. The van der Waals surface area contributed by atoms with Gasteiger partial charge in [0.25, 0.3) is 0 Å². The van der Waals surface area contributed by atoms with Crippen molar-refractivity contribution in [3.05, 3.63) is 41.0 Å². The summed E-state index contributed by atoms with van der Waals surface area (Å²) in [6.45, 7) is 9.11. The highest BCUT2D eigenvalue weighted by Crippen LogP contribution is 2.28. The minimum Gasteiger partial charge on any atom is -0.433 e. The van der Waals surface area contributed by atoms with Crippen LogP contribution in [0.25, 0.3) is 10.4 Å². The maximum absolute atomic E-state index is 13.3. The van der Waals surface area contributed by atoms with Crippen molar-refractivity contribution in [3.8, 4) is 10.4 Å². The molecule has 0 bridgehead atoms. The number of aromatic nitrogens is 1. The van der Waals surface area contributed by atoms with E-state index in [1.54, 1.807) is 23.8 Å². The lowest BCUT2D eigenvalue weighted by Crippen LogP contribution is -2.54. The van der Waals surface area contributed by atoms with E-state index in [0.29, 0.717) is 10.8 Å². The summed E-state index contributed by atoms with van der Waals surface area (Å²) in [6, 6.07) is 6.02. The Hall–Kier alpha value is -2.68. The van der Waals surface area contributed by atoms with Gasteiger partial charge in [0.15, 0.2) is 8.87 Å². The molecule has 1 fully saturated rings. The second kappa shape index (κ2) is 13.5. The average molecular weight is 627 g/mol. The molecule has 226 valence electrons. The zero-order chi connectivity index (χ0) is 30.5. The number of amides is 2. The summed E-state index contributed by atoms with van der Waals surface area (Å²) < 4.78 is 33.3. The summed E-state index contributed by atoms with van der Waals surface area (Å²) in [5, 5.41) is 2.39. The Bertz CT molecular complexity index is 1340. The highest BCUT2D eigenvalue weighted by molar-refractivity contribution is 8.72. The van der Waals surface area contributed by atoms with E-state index in [2.05, 4.69) is 10.3 Å². The van der Waals surface area contributed by atoms with Crippen molar-refractivity contribution in [1.29, 1.82) is 0 Å². The number of hydrogen-bond donors (Lipinski definition) is 2. The van der Waals surface area contributed by atoms with Crippen molar-refractivity contribution < 1.29 is 32.3 Å². The van der Waals surface area contributed by atoms with E-state index in [4.69, 9.17) is 15.2 Å². The molecule has 1 aliphatic rings. The molecule has 11 nitrogen and oxygen atoms in total. The molecule has 0 spiro atoms. The normalized spacial score (nSPS) is 19.0. The van der Waals surface area contributed by atoms with Gasteiger partial charge in [-0.1, -0.05) is 45.0 Å². The minimum absolute atomic E-state index is 0.0215. The van der Waals surface area contributed by atoms with Crippen LogP contribution in [0.15, 0.2) is 29.8 Å². The van der Waals surface area contributed by atoms with E-state index in [0.717, 1.165) is 28.0 Å². The van der Waals surface area contributed by atoms with Crippen LogP contribution in [0.1, 0.15) is 45.4 Å². The molecule has 2 aromatic rings. The molecule has 1 saturated heterocycles. The van der Waals surface area contributed by atoms with Crippen molar-refractivity contribution in [1.82, 2.24) is 15.2 Å². The average Bonchev–Trinajstić information content (AvgIpc) is 3.50. The van der Waals surface area contributed by atoms with E-state index in [-0.39, 0.29) is 32.0 Å². The van der Waals surface area contributed by atoms with Crippen molar-refractivity contribution in [2.75, 3.05) is 19.4 Å². The molecule has 2 heterocycles. The van der Waals surface area contributed by atoms with Crippen LogP contribution >= 0.6 is 22.1 Å². The van der Waals surface area contributed by atoms with Gasteiger partial charge in [-0.05, 0) is 41.2 Å². The molecule has 3 rings (SSSR count). The number of carbonyl (C=O) groups excluding carboxylic acids is 3. The predicted molar refractivity (Wildman–Crippen MR) is 160 cm³/mol. The van der Waals surface area contributed by atoms with Crippen LogP contribution in [0, 0.1) is 12.3 Å². The number of thiazole rings is 1. The standard InChI is InChI=1S/C27H38N4O7S3/c1-16(40-41(6,35)36)14-37-26(34)38-20-11-21(31(13-20)25(33)23(28)27(3,4)5)24(32)29-12-18-7-9-19(10-8-18)22-17(2)30-15-39-22/h7-10,15-16,20-21,23H,11-14,28H2,1-6H3,(H,29,32)/t16-,20?,21+,23-/m1/s1. The Balaban J connectivity index is 1.65. The summed E-state index contributed by atoms with van der Waals surface area (Å²) in [6.07, 6.45) is -0.654. The summed E-state index contributed by atoms with van der Waals surface area (Å²) in [7, 11) is -2.63. The largest absolute Gasteiger partial charge is 0.508 e. The SMILES string of the molecule is Cc1ncsc1-c1ccc(CNC(=O)[C@@H]2CC(OC(=O)OC[C@@H](C)SS(C)(=O)=O)CN2C(=O)[C@@H](N)C(C)(C)C)cc1. The van der Waals surface area contributed by atoms with Crippen LogP contribution in [0.3, 0.4) is 0 Å². The third-order valence-corrected chi connectivity index (χ3v) is 10.3. The van der Waals surface area contributed by atoms with Crippen LogP contribution in [-0.2, 0) is 34.5 Å². The summed E-state index contributed by atoms with van der Waals surface area (Å²) >= 11 is 1.56. The lowest BCUT2D eigenvalue weighted by Gasteiger charge is -2.32.